The van der Waals surface area contributed by atoms with Crippen molar-refractivity contribution in [2.24, 2.45) is 0 Å². The maximum Gasteiger partial charge on any atom is 0.0876 e. The van der Waals surface area contributed by atoms with Gasteiger partial charge >= 0.3 is 0 Å². The summed E-state index contributed by atoms with van der Waals surface area (Å²) in [6.45, 7) is 0.871. The maximum absolute atomic E-state index is 5.50. The van der Waals surface area contributed by atoms with Crippen LogP contribution >= 0.6 is 11.8 Å². The van der Waals surface area contributed by atoms with Crippen LogP contribution < -0.4 is 5.32 Å². The van der Waals surface area contributed by atoms with E-state index in [1.165, 1.54) is 21.8 Å². The molecule has 1 aromatic carbocycles. The van der Waals surface area contributed by atoms with Crippen molar-refractivity contribution in [3.8, 4) is 0 Å². The lowest BCUT2D eigenvalue weighted by molar-refractivity contribution is 0.218. The number of fused-ring (bicyclic) bond motifs is 1. The van der Waals surface area contributed by atoms with Crippen LogP contribution in [0.4, 0.5) is 0 Å². The molecule has 2 unspecified atom stereocenters. The zero-order chi connectivity index (χ0) is 12.4. The van der Waals surface area contributed by atoms with Crippen molar-refractivity contribution in [2.75, 3.05) is 19.4 Å². The van der Waals surface area contributed by atoms with Gasteiger partial charge in [-0.25, -0.2) is 0 Å². The number of ether oxygens (including phenoxy) is 1. The molecule has 0 saturated heterocycles. The number of rotatable bonds is 3. The molecule has 0 saturated carbocycles. The highest BCUT2D eigenvalue weighted by Crippen LogP contribution is 2.43. The van der Waals surface area contributed by atoms with Gasteiger partial charge in [0.1, 0.15) is 0 Å². The van der Waals surface area contributed by atoms with E-state index in [0.717, 1.165) is 19.4 Å². The van der Waals surface area contributed by atoms with Gasteiger partial charge in [-0.15, -0.1) is 11.8 Å². The van der Waals surface area contributed by atoms with Crippen LogP contribution in [0.3, 0.4) is 0 Å². The summed E-state index contributed by atoms with van der Waals surface area (Å²) in [4.78, 5) is 1.44. The molecule has 96 valence electrons. The molecule has 0 aliphatic carbocycles. The van der Waals surface area contributed by atoms with E-state index >= 15 is 0 Å². The predicted octanol–water partition coefficient (Wildman–Crippen LogP) is 3.16. The number of hydrogen-bond acceptors (Lipinski definition) is 3. The standard InChI is InChI=1S/C15H19NOS/c1-16-15(11-5-4-8-17-9-11)13-10-18-14-7-3-2-6-12(13)14/h2-3,6-7,9,13,15-16H,4-5,8,10H2,1H3. The maximum atomic E-state index is 5.50. The molecular weight excluding hydrogens is 242 g/mol. The highest BCUT2D eigenvalue weighted by atomic mass is 32.2. The first-order valence-corrected chi connectivity index (χ1v) is 7.58. The summed E-state index contributed by atoms with van der Waals surface area (Å²) >= 11 is 1.98. The normalized spacial score (nSPS) is 24.1. The zero-order valence-corrected chi connectivity index (χ0v) is 11.5. The molecule has 0 aromatic heterocycles. The molecule has 1 N–H and O–H groups in total. The largest absolute Gasteiger partial charge is 0.501 e. The Bertz CT molecular complexity index is 458. The van der Waals surface area contributed by atoms with Crippen LogP contribution in [0.25, 0.3) is 0 Å². The Morgan fingerprint density at radius 2 is 2.28 bits per heavy atom. The smallest absolute Gasteiger partial charge is 0.0876 e. The van der Waals surface area contributed by atoms with Crippen molar-refractivity contribution < 1.29 is 4.74 Å². The van der Waals surface area contributed by atoms with Gasteiger partial charge in [-0.1, -0.05) is 18.2 Å². The van der Waals surface area contributed by atoms with Crippen LogP contribution in [0.2, 0.25) is 0 Å². The van der Waals surface area contributed by atoms with Gasteiger partial charge in [0.25, 0.3) is 0 Å². The van der Waals surface area contributed by atoms with Crippen molar-refractivity contribution in [2.45, 2.75) is 29.7 Å². The first kappa shape index (κ1) is 12.1. The van der Waals surface area contributed by atoms with Gasteiger partial charge in [0, 0.05) is 22.6 Å². The molecule has 0 fully saturated rings. The Morgan fingerprint density at radius 1 is 1.39 bits per heavy atom. The van der Waals surface area contributed by atoms with Gasteiger partial charge < -0.3 is 10.1 Å². The molecule has 0 spiro atoms. The molecule has 0 radical (unpaired) electrons. The monoisotopic (exact) mass is 261 g/mol. The molecule has 2 aliphatic heterocycles. The fourth-order valence-electron chi connectivity index (χ4n) is 2.92. The second kappa shape index (κ2) is 5.37. The summed E-state index contributed by atoms with van der Waals surface area (Å²) < 4.78 is 5.50. The van der Waals surface area contributed by atoms with Gasteiger partial charge in [0.2, 0.25) is 0 Å². The lowest BCUT2D eigenvalue weighted by Crippen LogP contribution is -2.35. The fraction of sp³-hybridized carbons (Fsp3) is 0.467. The van der Waals surface area contributed by atoms with Crippen molar-refractivity contribution >= 4 is 11.8 Å². The zero-order valence-electron chi connectivity index (χ0n) is 10.7. The van der Waals surface area contributed by atoms with E-state index in [1.807, 2.05) is 18.0 Å². The van der Waals surface area contributed by atoms with Gasteiger partial charge in [-0.05, 0) is 37.1 Å². The molecule has 0 amide bonds. The van der Waals surface area contributed by atoms with Crippen molar-refractivity contribution in [1.82, 2.24) is 5.32 Å². The van der Waals surface area contributed by atoms with E-state index in [0.29, 0.717) is 12.0 Å². The van der Waals surface area contributed by atoms with E-state index in [4.69, 9.17) is 4.74 Å². The second-order valence-electron chi connectivity index (χ2n) is 4.89. The van der Waals surface area contributed by atoms with Gasteiger partial charge in [-0.2, -0.15) is 0 Å². The molecule has 2 heterocycles. The van der Waals surface area contributed by atoms with Gasteiger partial charge in [0.15, 0.2) is 0 Å². The number of benzene rings is 1. The van der Waals surface area contributed by atoms with Crippen LogP contribution in [0.5, 0.6) is 0 Å². The molecule has 3 rings (SSSR count). The quantitative estimate of drug-likeness (QED) is 0.903. The third kappa shape index (κ3) is 2.17. The van der Waals surface area contributed by atoms with Crippen molar-refractivity contribution in [3.63, 3.8) is 0 Å². The summed E-state index contributed by atoms with van der Waals surface area (Å²) in [6.07, 6.45) is 4.29. The van der Waals surface area contributed by atoms with Crippen molar-refractivity contribution in [1.29, 1.82) is 0 Å². The Labute approximate surface area is 113 Å². The van der Waals surface area contributed by atoms with E-state index in [9.17, 15) is 0 Å². The van der Waals surface area contributed by atoms with Crippen LogP contribution in [-0.2, 0) is 4.74 Å². The van der Waals surface area contributed by atoms with Crippen LogP contribution in [0.1, 0.15) is 24.3 Å². The summed E-state index contributed by atoms with van der Waals surface area (Å²) in [7, 11) is 2.06. The molecular formula is C15H19NOS. The van der Waals surface area contributed by atoms with Crippen LogP contribution in [-0.4, -0.2) is 25.4 Å². The van der Waals surface area contributed by atoms with E-state index in [1.54, 1.807) is 0 Å². The minimum Gasteiger partial charge on any atom is -0.501 e. The summed E-state index contributed by atoms with van der Waals surface area (Å²) in [6, 6.07) is 9.20. The molecule has 3 heteroatoms. The fourth-order valence-corrected chi connectivity index (χ4v) is 4.21. The van der Waals surface area contributed by atoms with Crippen molar-refractivity contribution in [3.05, 3.63) is 41.7 Å². The Hall–Kier alpha value is -0.930. The Kier molecular flexibility index (Phi) is 3.62. The molecule has 0 bridgehead atoms. The Balaban J connectivity index is 1.87. The minimum atomic E-state index is 0.418. The minimum absolute atomic E-state index is 0.418. The Morgan fingerprint density at radius 3 is 3.06 bits per heavy atom. The third-order valence-electron chi connectivity index (χ3n) is 3.81. The van der Waals surface area contributed by atoms with Gasteiger partial charge in [0.05, 0.1) is 12.9 Å². The van der Waals surface area contributed by atoms with E-state index < -0.39 is 0 Å². The number of thioether (sulfide) groups is 1. The molecule has 1 aromatic rings. The summed E-state index contributed by atoms with van der Waals surface area (Å²) in [5, 5.41) is 3.49. The lowest BCUT2D eigenvalue weighted by Gasteiger charge is -2.28. The van der Waals surface area contributed by atoms with Crippen LogP contribution in [0, 0.1) is 0 Å². The predicted molar refractivity (Wildman–Crippen MR) is 76.0 cm³/mol. The van der Waals surface area contributed by atoms with E-state index in [2.05, 4.69) is 36.6 Å². The van der Waals surface area contributed by atoms with Gasteiger partial charge in [-0.3, -0.25) is 0 Å². The third-order valence-corrected chi connectivity index (χ3v) is 5.02. The molecule has 2 atom stereocenters. The second-order valence-corrected chi connectivity index (χ2v) is 5.95. The number of nitrogens with one attached hydrogen (secondary N) is 1. The van der Waals surface area contributed by atoms with Crippen LogP contribution in [0.15, 0.2) is 41.0 Å². The number of likely N-dealkylation sites (N-methyl/N-ethyl adjacent to an activating group) is 1. The average molecular weight is 261 g/mol. The highest BCUT2D eigenvalue weighted by Gasteiger charge is 2.31. The summed E-state index contributed by atoms with van der Waals surface area (Å²) in [5.74, 6) is 1.74. The molecule has 2 nitrogen and oxygen atoms in total. The number of hydrogen-bond donors (Lipinski definition) is 1. The lowest BCUT2D eigenvalue weighted by atomic mass is 9.87. The van der Waals surface area contributed by atoms with E-state index in [-0.39, 0.29) is 0 Å². The SMILES string of the molecule is CNC(C1=COCCC1)C1CSc2ccccc21. The topological polar surface area (TPSA) is 21.3 Å². The summed E-state index contributed by atoms with van der Waals surface area (Å²) in [5.41, 5.74) is 2.92. The molecule has 18 heavy (non-hydrogen) atoms. The average Bonchev–Trinajstić information content (AvgIpc) is 2.85. The first-order valence-electron chi connectivity index (χ1n) is 6.59. The first-order chi connectivity index (χ1) is 8.90. The highest BCUT2D eigenvalue weighted by molar-refractivity contribution is 7.99. The molecule has 2 aliphatic rings.